The zero-order chi connectivity index (χ0) is 27.4. The number of nitrogens with one attached hydrogen (secondary N) is 2. The SMILES string of the molecule is C=C(C)c1ccc(-c2nccc3[nH]c(-c4n[nH]c5ccc(-c6cncc(CN7CCC(F)(F)C7)c6)cc45)cc23)s1. The van der Waals surface area contributed by atoms with Crippen molar-refractivity contribution in [2.75, 3.05) is 13.1 Å². The molecule has 9 heteroatoms. The molecule has 2 N–H and O–H groups in total. The van der Waals surface area contributed by atoms with Gasteiger partial charge in [0, 0.05) is 64.8 Å². The molecule has 1 aromatic carbocycles. The fourth-order valence-corrected chi connectivity index (χ4v) is 6.35. The number of benzene rings is 1. The molecule has 6 heterocycles. The minimum atomic E-state index is -2.61. The molecular formula is C31H26F2N6S. The van der Waals surface area contributed by atoms with Gasteiger partial charge in [-0.15, -0.1) is 11.3 Å². The molecule has 0 aliphatic carbocycles. The van der Waals surface area contributed by atoms with E-state index >= 15 is 0 Å². The number of alkyl halides is 2. The molecule has 0 bridgehead atoms. The first-order valence-electron chi connectivity index (χ1n) is 13.1. The van der Waals surface area contributed by atoms with Crippen molar-refractivity contribution < 1.29 is 8.78 Å². The lowest BCUT2D eigenvalue weighted by atomic mass is 10.0. The van der Waals surface area contributed by atoms with Crippen LogP contribution in [0.5, 0.6) is 0 Å². The summed E-state index contributed by atoms with van der Waals surface area (Å²) in [5, 5.41) is 9.81. The Hall–Kier alpha value is -4.21. The van der Waals surface area contributed by atoms with Crippen molar-refractivity contribution in [2.24, 2.45) is 0 Å². The Morgan fingerprint density at radius 1 is 1.02 bits per heavy atom. The van der Waals surface area contributed by atoms with Gasteiger partial charge in [-0.2, -0.15) is 5.10 Å². The number of thiophene rings is 1. The number of aromatic amines is 2. The Kier molecular flexibility index (Phi) is 5.87. The number of pyridine rings is 2. The molecule has 0 radical (unpaired) electrons. The third kappa shape index (κ3) is 4.51. The fourth-order valence-electron chi connectivity index (χ4n) is 5.40. The molecule has 1 saturated heterocycles. The third-order valence-electron chi connectivity index (χ3n) is 7.41. The number of hydrogen-bond acceptors (Lipinski definition) is 5. The van der Waals surface area contributed by atoms with E-state index < -0.39 is 5.92 Å². The molecule has 7 rings (SSSR count). The third-order valence-corrected chi connectivity index (χ3v) is 8.66. The van der Waals surface area contributed by atoms with Gasteiger partial charge in [0.1, 0.15) is 5.69 Å². The predicted octanol–water partition coefficient (Wildman–Crippen LogP) is 7.77. The molecule has 1 aliphatic rings. The van der Waals surface area contributed by atoms with Crippen LogP contribution in [0.25, 0.3) is 60.5 Å². The van der Waals surface area contributed by atoms with Gasteiger partial charge in [-0.05, 0) is 66.1 Å². The van der Waals surface area contributed by atoms with Crippen molar-refractivity contribution in [3.63, 3.8) is 0 Å². The molecule has 5 aromatic heterocycles. The smallest absolute Gasteiger partial charge is 0.261 e. The van der Waals surface area contributed by atoms with Gasteiger partial charge < -0.3 is 4.98 Å². The summed E-state index contributed by atoms with van der Waals surface area (Å²) in [6.45, 7) is 6.72. The van der Waals surface area contributed by atoms with Gasteiger partial charge >= 0.3 is 0 Å². The van der Waals surface area contributed by atoms with Crippen molar-refractivity contribution in [1.29, 1.82) is 0 Å². The Bertz CT molecular complexity index is 1900. The minimum Gasteiger partial charge on any atom is -0.353 e. The maximum atomic E-state index is 13.7. The first-order valence-corrected chi connectivity index (χ1v) is 13.9. The quantitative estimate of drug-likeness (QED) is 0.221. The number of nitrogens with zero attached hydrogens (tertiary/aromatic N) is 4. The number of fused-ring (bicyclic) bond motifs is 2. The molecule has 200 valence electrons. The molecule has 6 nitrogen and oxygen atoms in total. The summed E-state index contributed by atoms with van der Waals surface area (Å²) in [5.41, 5.74) is 8.42. The van der Waals surface area contributed by atoms with E-state index in [1.54, 1.807) is 22.4 Å². The fraction of sp³-hybridized carbons (Fsp3) is 0.194. The largest absolute Gasteiger partial charge is 0.353 e. The van der Waals surface area contributed by atoms with Crippen LogP contribution >= 0.6 is 11.3 Å². The standard InChI is InChI=1S/C31H26F2N6S/c1-18(2)27-5-6-28(40-27)30-23-13-26(36-24(23)7-9-35-30)29-22-12-20(3-4-25(22)37-38-29)21-11-19(14-34-15-21)16-39-10-8-31(32,33)17-39/h3-7,9,11-15,36H,1,8,10,16-17H2,2H3,(H,37,38). The second kappa shape index (κ2) is 9.46. The summed E-state index contributed by atoms with van der Waals surface area (Å²) >= 11 is 1.68. The lowest BCUT2D eigenvalue weighted by Crippen LogP contribution is -2.24. The highest BCUT2D eigenvalue weighted by Crippen LogP contribution is 2.37. The minimum absolute atomic E-state index is 0.0891. The molecule has 0 unspecified atom stereocenters. The number of halogens is 2. The second-order valence-corrected chi connectivity index (χ2v) is 11.6. The second-order valence-electron chi connectivity index (χ2n) is 10.5. The average molecular weight is 553 g/mol. The number of H-pyrrole nitrogens is 2. The number of rotatable bonds is 6. The van der Waals surface area contributed by atoms with Crippen LogP contribution in [-0.4, -0.2) is 49.1 Å². The molecule has 40 heavy (non-hydrogen) atoms. The van der Waals surface area contributed by atoms with Gasteiger partial charge in [0.2, 0.25) is 0 Å². The van der Waals surface area contributed by atoms with Crippen LogP contribution in [0.4, 0.5) is 8.78 Å². The van der Waals surface area contributed by atoms with Crippen molar-refractivity contribution in [2.45, 2.75) is 25.8 Å². The molecule has 1 fully saturated rings. The van der Waals surface area contributed by atoms with E-state index in [4.69, 9.17) is 4.98 Å². The molecule has 0 spiro atoms. The van der Waals surface area contributed by atoms with Crippen LogP contribution in [-0.2, 0) is 6.54 Å². The van der Waals surface area contributed by atoms with Crippen LogP contribution in [0, 0.1) is 0 Å². The predicted molar refractivity (Wildman–Crippen MR) is 157 cm³/mol. The molecule has 6 aromatic rings. The summed E-state index contributed by atoms with van der Waals surface area (Å²) in [7, 11) is 0. The highest BCUT2D eigenvalue weighted by Gasteiger charge is 2.37. The monoisotopic (exact) mass is 552 g/mol. The lowest BCUT2D eigenvalue weighted by Gasteiger charge is -2.15. The molecular weight excluding hydrogens is 526 g/mol. The van der Waals surface area contributed by atoms with E-state index in [-0.39, 0.29) is 13.0 Å². The van der Waals surface area contributed by atoms with Crippen LogP contribution in [0.2, 0.25) is 0 Å². The van der Waals surface area contributed by atoms with Crippen LogP contribution < -0.4 is 0 Å². The van der Waals surface area contributed by atoms with Crippen LogP contribution in [0.3, 0.4) is 0 Å². The van der Waals surface area contributed by atoms with E-state index in [1.807, 2.05) is 43.6 Å². The average Bonchev–Trinajstić information content (AvgIpc) is 3.73. The Morgan fingerprint density at radius 2 is 1.90 bits per heavy atom. The van der Waals surface area contributed by atoms with E-state index in [0.717, 1.165) is 70.9 Å². The molecule has 0 atom stereocenters. The summed E-state index contributed by atoms with van der Waals surface area (Å²) < 4.78 is 27.3. The summed E-state index contributed by atoms with van der Waals surface area (Å²) in [4.78, 5) is 16.7. The number of aromatic nitrogens is 5. The van der Waals surface area contributed by atoms with Gasteiger partial charge in [0.05, 0.1) is 28.3 Å². The number of allylic oxidation sites excluding steroid dienone is 1. The number of hydrogen-bond donors (Lipinski definition) is 2. The first kappa shape index (κ1) is 24.8. The Balaban J connectivity index is 1.24. The molecule has 1 aliphatic heterocycles. The highest BCUT2D eigenvalue weighted by molar-refractivity contribution is 7.16. The zero-order valence-corrected chi connectivity index (χ0v) is 22.7. The zero-order valence-electron chi connectivity index (χ0n) is 21.8. The van der Waals surface area contributed by atoms with Crippen LogP contribution in [0.1, 0.15) is 23.8 Å². The highest BCUT2D eigenvalue weighted by atomic mass is 32.1. The van der Waals surface area contributed by atoms with E-state index in [9.17, 15) is 8.78 Å². The topological polar surface area (TPSA) is 73.5 Å². The Morgan fingerprint density at radius 3 is 2.70 bits per heavy atom. The molecule has 0 saturated carbocycles. The summed E-state index contributed by atoms with van der Waals surface area (Å²) in [5.74, 6) is -2.61. The van der Waals surface area contributed by atoms with Gasteiger partial charge in [-0.25, -0.2) is 8.78 Å². The van der Waals surface area contributed by atoms with Gasteiger partial charge in [0.15, 0.2) is 0 Å². The van der Waals surface area contributed by atoms with E-state index in [2.05, 4.69) is 51.0 Å². The maximum Gasteiger partial charge on any atom is 0.261 e. The van der Waals surface area contributed by atoms with Gasteiger partial charge in [0.25, 0.3) is 5.92 Å². The Labute approximate surface area is 233 Å². The van der Waals surface area contributed by atoms with Crippen molar-refractivity contribution in [1.82, 2.24) is 30.0 Å². The number of likely N-dealkylation sites (tertiary alicyclic amines) is 1. The van der Waals surface area contributed by atoms with E-state index in [0.29, 0.717) is 13.1 Å². The summed E-state index contributed by atoms with van der Waals surface area (Å²) in [6.07, 6.45) is 5.30. The molecule has 0 amide bonds. The van der Waals surface area contributed by atoms with Crippen molar-refractivity contribution in [3.8, 4) is 33.1 Å². The van der Waals surface area contributed by atoms with Crippen LogP contribution in [0.15, 0.2) is 73.7 Å². The lowest BCUT2D eigenvalue weighted by molar-refractivity contribution is 0.0115. The summed E-state index contributed by atoms with van der Waals surface area (Å²) in [6, 6.07) is 16.4. The maximum absolute atomic E-state index is 13.7. The van der Waals surface area contributed by atoms with Crippen molar-refractivity contribution >= 4 is 38.7 Å². The van der Waals surface area contributed by atoms with Crippen molar-refractivity contribution in [3.05, 3.63) is 84.1 Å². The van der Waals surface area contributed by atoms with Gasteiger partial charge in [-0.1, -0.05) is 12.6 Å². The first-order chi connectivity index (χ1) is 19.3. The van der Waals surface area contributed by atoms with Gasteiger partial charge in [-0.3, -0.25) is 20.0 Å². The van der Waals surface area contributed by atoms with E-state index in [1.165, 1.54) is 0 Å². The normalized spacial score (nSPS) is 15.4.